The fourth-order valence-electron chi connectivity index (χ4n) is 2.97. The van der Waals surface area contributed by atoms with Crippen LogP contribution in [0.2, 0.25) is 0 Å². The second-order valence-electron chi connectivity index (χ2n) is 6.13. The van der Waals surface area contributed by atoms with Gasteiger partial charge in [-0.3, -0.25) is 4.98 Å². The van der Waals surface area contributed by atoms with E-state index >= 15 is 0 Å². The van der Waals surface area contributed by atoms with Gasteiger partial charge in [-0.1, -0.05) is 18.2 Å². The van der Waals surface area contributed by atoms with E-state index in [1.54, 1.807) is 19.1 Å². The van der Waals surface area contributed by atoms with Crippen molar-refractivity contribution in [2.24, 2.45) is 0 Å². The van der Waals surface area contributed by atoms with Crippen molar-refractivity contribution in [3.8, 4) is 0 Å². The van der Waals surface area contributed by atoms with Crippen molar-refractivity contribution in [2.45, 2.75) is 31.8 Å². The van der Waals surface area contributed by atoms with Gasteiger partial charge >= 0.3 is 5.97 Å². The van der Waals surface area contributed by atoms with E-state index in [9.17, 15) is 13.2 Å². The zero-order valence-electron chi connectivity index (χ0n) is 14.7. The highest BCUT2D eigenvalue weighted by Gasteiger charge is 2.26. The van der Waals surface area contributed by atoms with Crippen LogP contribution in [0.15, 0.2) is 36.5 Å². The second kappa shape index (κ2) is 7.53. The molecule has 1 aliphatic rings. The molecule has 0 bridgehead atoms. The number of carbonyl (C=O) groups is 1. The summed E-state index contributed by atoms with van der Waals surface area (Å²) >= 11 is 0. The summed E-state index contributed by atoms with van der Waals surface area (Å²) in [4.78, 5) is 15.5. The van der Waals surface area contributed by atoms with Crippen molar-refractivity contribution in [1.29, 1.82) is 0 Å². The Hall–Kier alpha value is -2.29. The third-order valence-electron chi connectivity index (χ3n) is 4.53. The monoisotopic (exact) mass is 375 g/mol. The van der Waals surface area contributed by atoms with Crippen LogP contribution in [0, 0.1) is 0 Å². The lowest BCUT2D eigenvalue weighted by Crippen LogP contribution is -2.28. The smallest absolute Gasteiger partial charge is 0.339 e. The second-order valence-corrected chi connectivity index (χ2v) is 8.21. The summed E-state index contributed by atoms with van der Waals surface area (Å²) < 4.78 is 32.6. The van der Waals surface area contributed by atoms with Crippen molar-refractivity contribution >= 4 is 16.0 Å². The van der Waals surface area contributed by atoms with Gasteiger partial charge in [-0.25, -0.2) is 17.9 Å². The number of benzene rings is 1. The van der Waals surface area contributed by atoms with Crippen LogP contribution < -0.4 is 10.0 Å². The van der Waals surface area contributed by atoms with Gasteiger partial charge in [-0.2, -0.15) is 0 Å². The first-order valence-electron chi connectivity index (χ1n) is 8.25. The number of nitrogens with zero attached hydrogens (tertiary/aromatic N) is 1. The van der Waals surface area contributed by atoms with Crippen LogP contribution in [-0.4, -0.2) is 26.5 Å². The normalized spacial score (nSPS) is 14.7. The van der Waals surface area contributed by atoms with E-state index in [0.29, 0.717) is 17.8 Å². The first kappa shape index (κ1) is 18.5. The van der Waals surface area contributed by atoms with Crippen molar-refractivity contribution < 1.29 is 17.9 Å². The quantitative estimate of drug-likeness (QED) is 0.745. The number of esters is 1. The molecule has 0 radical (unpaired) electrons. The summed E-state index contributed by atoms with van der Waals surface area (Å²) in [6.07, 6.45) is 1.37. The maximum Gasteiger partial charge on any atom is 0.339 e. The van der Waals surface area contributed by atoms with E-state index < -0.39 is 21.2 Å². The molecule has 1 aliphatic heterocycles. The number of fused-ring (bicyclic) bond motifs is 1. The molecule has 8 heteroatoms. The van der Waals surface area contributed by atoms with E-state index in [4.69, 9.17) is 0 Å². The zero-order valence-corrected chi connectivity index (χ0v) is 15.5. The van der Waals surface area contributed by atoms with Gasteiger partial charge in [0.15, 0.2) is 0 Å². The van der Waals surface area contributed by atoms with Crippen molar-refractivity contribution in [2.75, 3.05) is 7.11 Å². The number of methoxy groups -OCH3 is 1. The van der Waals surface area contributed by atoms with Crippen LogP contribution in [0.25, 0.3) is 0 Å². The van der Waals surface area contributed by atoms with E-state index in [1.165, 1.54) is 13.3 Å². The Morgan fingerprint density at radius 3 is 2.81 bits per heavy atom. The molecule has 2 N–H and O–H groups in total. The number of hydrogen-bond acceptors (Lipinski definition) is 6. The first-order chi connectivity index (χ1) is 12.4. The molecule has 0 amide bonds. The SMILES string of the molecule is COC(=O)c1ccc(CNS(=O)(=O)C(C)c2cccc3c2CNC3)nc1. The molecular weight excluding hydrogens is 354 g/mol. The number of pyridine rings is 1. The third kappa shape index (κ3) is 3.77. The van der Waals surface area contributed by atoms with Crippen LogP contribution >= 0.6 is 0 Å². The summed E-state index contributed by atoms with van der Waals surface area (Å²) in [7, 11) is -2.28. The minimum absolute atomic E-state index is 0.0569. The van der Waals surface area contributed by atoms with Gasteiger partial charge in [0.05, 0.1) is 30.2 Å². The highest BCUT2D eigenvalue weighted by molar-refractivity contribution is 7.89. The Kier molecular flexibility index (Phi) is 5.36. The number of nitrogens with one attached hydrogen (secondary N) is 2. The molecule has 0 saturated carbocycles. The van der Waals surface area contributed by atoms with E-state index in [-0.39, 0.29) is 6.54 Å². The summed E-state index contributed by atoms with van der Waals surface area (Å²) in [5.74, 6) is -0.482. The fourth-order valence-corrected chi connectivity index (χ4v) is 4.13. The van der Waals surface area contributed by atoms with Gasteiger partial charge in [0.2, 0.25) is 10.0 Å². The molecule has 1 unspecified atom stereocenters. The minimum Gasteiger partial charge on any atom is -0.465 e. The molecule has 26 heavy (non-hydrogen) atoms. The average molecular weight is 375 g/mol. The number of carbonyl (C=O) groups excluding carboxylic acids is 1. The Labute approximate surface area is 152 Å². The molecule has 0 saturated heterocycles. The average Bonchev–Trinajstić information content (AvgIpc) is 3.14. The van der Waals surface area contributed by atoms with Crippen LogP contribution in [0.5, 0.6) is 0 Å². The standard InChI is InChI=1S/C18H21N3O4S/c1-12(16-5-3-4-13-8-19-11-17(13)16)26(23,24)21-10-15-7-6-14(9-20-15)18(22)25-2/h3-7,9,12,19,21H,8,10-11H2,1-2H3. The number of rotatable bonds is 6. The summed E-state index contributed by atoms with van der Waals surface area (Å²) in [6, 6.07) is 8.92. The molecule has 3 rings (SSSR count). The molecule has 2 aromatic rings. The molecule has 1 aromatic carbocycles. The van der Waals surface area contributed by atoms with Gasteiger partial charge in [-0.05, 0) is 35.7 Å². The number of ether oxygens (including phenoxy) is 1. The highest BCUT2D eigenvalue weighted by Crippen LogP contribution is 2.29. The van der Waals surface area contributed by atoms with E-state index in [1.807, 2.05) is 18.2 Å². The Morgan fingerprint density at radius 1 is 1.31 bits per heavy atom. The Bertz CT molecular complexity index is 911. The fraction of sp³-hybridized carbons (Fsp3) is 0.333. The van der Waals surface area contributed by atoms with Gasteiger partial charge < -0.3 is 10.1 Å². The molecule has 1 aromatic heterocycles. The van der Waals surface area contributed by atoms with Gasteiger partial charge in [0.1, 0.15) is 0 Å². The maximum atomic E-state index is 12.7. The summed E-state index contributed by atoms with van der Waals surface area (Å²) in [6.45, 7) is 3.19. The van der Waals surface area contributed by atoms with E-state index in [2.05, 4.69) is 19.8 Å². The lowest BCUT2D eigenvalue weighted by atomic mass is 10.0. The predicted molar refractivity (Wildman–Crippen MR) is 96.7 cm³/mol. The zero-order chi connectivity index (χ0) is 18.7. The Morgan fingerprint density at radius 2 is 2.12 bits per heavy atom. The molecule has 0 spiro atoms. The molecular formula is C18H21N3O4S. The molecule has 2 heterocycles. The highest BCUT2D eigenvalue weighted by atomic mass is 32.2. The Balaban J connectivity index is 1.71. The molecule has 138 valence electrons. The topological polar surface area (TPSA) is 97.4 Å². The predicted octanol–water partition coefficient (Wildman–Crippen LogP) is 1.65. The van der Waals surface area contributed by atoms with Gasteiger partial charge in [0, 0.05) is 19.3 Å². The van der Waals surface area contributed by atoms with Crippen LogP contribution in [-0.2, 0) is 34.4 Å². The lowest BCUT2D eigenvalue weighted by Gasteiger charge is -2.17. The molecule has 7 nitrogen and oxygen atoms in total. The maximum absolute atomic E-state index is 12.7. The molecule has 0 aliphatic carbocycles. The number of sulfonamides is 1. The summed E-state index contributed by atoms with van der Waals surface area (Å²) in [5.41, 5.74) is 3.86. The van der Waals surface area contributed by atoms with E-state index in [0.717, 1.165) is 23.2 Å². The molecule has 0 fully saturated rings. The van der Waals surface area contributed by atoms with Crippen LogP contribution in [0.1, 0.15) is 44.9 Å². The van der Waals surface area contributed by atoms with Gasteiger partial charge in [0.25, 0.3) is 0 Å². The lowest BCUT2D eigenvalue weighted by molar-refractivity contribution is 0.0600. The number of aromatic nitrogens is 1. The van der Waals surface area contributed by atoms with Crippen molar-refractivity contribution in [3.05, 3.63) is 64.5 Å². The van der Waals surface area contributed by atoms with Crippen LogP contribution in [0.3, 0.4) is 0 Å². The minimum atomic E-state index is -3.57. The van der Waals surface area contributed by atoms with Crippen molar-refractivity contribution in [1.82, 2.24) is 15.0 Å². The number of hydrogen-bond donors (Lipinski definition) is 2. The largest absolute Gasteiger partial charge is 0.465 e. The molecule has 1 atom stereocenters. The first-order valence-corrected chi connectivity index (χ1v) is 9.80. The van der Waals surface area contributed by atoms with Gasteiger partial charge in [-0.15, -0.1) is 0 Å². The summed E-state index contributed by atoms with van der Waals surface area (Å²) in [5, 5.41) is 2.57. The van der Waals surface area contributed by atoms with Crippen LogP contribution in [0.4, 0.5) is 0 Å². The van der Waals surface area contributed by atoms with Crippen molar-refractivity contribution in [3.63, 3.8) is 0 Å². The third-order valence-corrected chi connectivity index (χ3v) is 6.26.